The molecule has 4 nitrogen and oxygen atoms in total. The number of carbonyl (C=O) groups is 1. The number of ether oxygens (including phenoxy) is 1. The van der Waals surface area contributed by atoms with Crippen LogP contribution in [0.5, 0.6) is 0 Å². The van der Waals surface area contributed by atoms with Crippen molar-refractivity contribution in [2.75, 3.05) is 26.3 Å². The van der Waals surface area contributed by atoms with Crippen LogP contribution in [0, 0.1) is 0 Å². The number of morpholine rings is 1. The largest absolute Gasteiger partial charge is 0.379 e. The molecule has 1 amide bonds. The summed E-state index contributed by atoms with van der Waals surface area (Å²) in [5.41, 5.74) is 0. The summed E-state index contributed by atoms with van der Waals surface area (Å²) in [6.45, 7) is 3.83. The molecule has 2 aliphatic heterocycles. The summed E-state index contributed by atoms with van der Waals surface area (Å²) in [6, 6.07) is 0. The molecule has 2 N–H and O–H groups in total. The Labute approximate surface area is 78.3 Å². The zero-order valence-electron chi connectivity index (χ0n) is 7.71. The highest BCUT2D eigenvalue weighted by Gasteiger charge is 1.98. The van der Waals surface area contributed by atoms with Gasteiger partial charge in [-0.1, -0.05) is 6.08 Å². The van der Waals surface area contributed by atoms with Crippen molar-refractivity contribution in [2.24, 2.45) is 0 Å². The second-order valence-electron chi connectivity index (χ2n) is 2.87. The lowest BCUT2D eigenvalue weighted by Gasteiger charge is -2.10. The van der Waals surface area contributed by atoms with E-state index in [9.17, 15) is 4.79 Å². The maximum atomic E-state index is 10.3. The molecule has 2 rings (SSSR count). The van der Waals surface area contributed by atoms with Gasteiger partial charge >= 0.3 is 0 Å². The topological polar surface area (TPSA) is 50.4 Å². The Morgan fingerprint density at radius 3 is 2.31 bits per heavy atom. The molecule has 2 aliphatic rings. The Bertz CT molecular complexity index is 165. The number of hydrogen-bond donors (Lipinski definition) is 2. The minimum Gasteiger partial charge on any atom is -0.379 e. The highest BCUT2D eigenvalue weighted by molar-refractivity contribution is 5.77. The Morgan fingerprint density at radius 2 is 2.08 bits per heavy atom. The molecule has 0 radical (unpaired) electrons. The Kier molecular flexibility index (Phi) is 5.20. The van der Waals surface area contributed by atoms with Gasteiger partial charge in [-0.3, -0.25) is 4.79 Å². The molecule has 0 atom stereocenters. The van der Waals surface area contributed by atoms with E-state index >= 15 is 0 Å². The fourth-order valence-corrected chi connectivity index (χ4v) is 1.04. The molecule has 0 aromatic heterocycles. The molecule has 0 aliphatic carbocycles. The number of allylic oxidation sites excluding steroid dienone is 1. The van der Waals surface area contributed by atoms with Crippen molar-refractivity contribution in [1.82, 2.24) is 10.6 Å². The van der Waals surface area contributed by atoms with Crippen LogP contribution in [0.25, 0.3) is 0 Å². The summed E-state index contributed by atoms with van der Waals surface area (Å²) in [5.74, 6) is 0.127. The van der Waals surface area contributed by atoms with Crippen LogP contribution in [0.15, 0.2) is 12.3 Å². The smallest absolute Gasteiger partial charge is 0.224 e. The van der Waals surface area contributed by atoms with E-state index in [1.54, 1.807) is 6.20 Å². The predicted octanol–water partition coefficient (Wildman–Crippen LogP) is 0.0163. The van der Waals surface area contributed by atoms with E-state index in [0.717, 1.165) is 32.7 Å². The minimum absolute atomic E-state index is 0.127. The van der Waals surface area contributed by atoms with E-state index in [0.29, 0.717) is 6.42 Å². The molecule has 4 heteroatoms. The van der Waals surface area contributed by atoms with Crippen LogP contribution >= 0.6 is 0 Å². The van der Waals surface area contributed by atoms with Crippen molar-refractivity contribution in [1.29, 1.82) is 0 Å². The standard InChI is InChI=1S/C5H7NO.C4H9NO/c7-5-3-1-2-4-6-5;1-3-6-4-2-5-1/h2,4H,1,3H2,(H,6,7);5H,1-4H2. The summed E-state index contributed by atoms with van der Waals surface area (Å²) in [4.78, 5) is 10.3. The summed E-state index contributed by atoms with van der Waals surface area (Å²) in [6.07, 6.45) is 5.18. The second kappa shape index (κ2) is 6.62. The van der Waals surface area contributed by atoms with Gasteiger partial charge in [0.2, 0.25) is 5.91 Å². The van der Waals surface area contributed by atoms with Crippen LogP contribution in [-0.4, -0.2) is 32.2 Å². The molecule has 0 aromatic rings. The van der Waals surface area contributed by atoms with Crippen LogP contribution in [0.1, 0.15) is 12.8 Å². The molecule has 0 unspecified atom stereocenters. The van der Waals surface area contributed by atoms with E-state index < -0.39 is 0 Å². The summed E-state index contributed by atoms with van der Waals surface area (Å²) < 4.78 is 5.01. The molecule has 1 saturated heterocycles. The summed E-state index contributed by atoms with van der Waals surface area (Å²) >= 11 is 0. The van der Waals surface area contributed by atoms with Crippen LogP contribution in [0.3, 0.4) is 0 Å². The highest BCUT2D eigenvalue weighted by atomic mass is 16.5. The first-order chi connectivity index (χ1) is 6.39. The van der Waals surface area contributed by atoms with Crippen LogP contribution in [0.2, 0.25) is 0 Å². The predicted molar refractivity (Wildman–Crippen MR) is 50.2 cm³/mol. The van der Waals surface area contributed by atoms with Gasteiger partial charge in [-0.05, 0) is 12.6 Å². The zero-order valence-corrected chi connectivity index (χ0v) is 7.71. The van der Waals surface area contributed by atoms with Gasteiger partial charge in [0.15, 0.2) is 0 Å². The van der Waals surface area contributed by atoms with Crippen LogP contribution in [0.4, 0.5) is 0 Å². The first kappa shape index (κ1) is 10.2. The lowest BCUT2D eigenvalue weighted by Crippen LogP contribution is -2.30. The van der Waals surface area contributed by atoms with Gasteiger partial charge in [-0.25, -0.2) is 0 Å². The van der Waals surface area contributed by atoms with Gasteiger partial charge < -0.3 is 15.4 Å². The molecular weight excluding hydrogens is 168 g/mol. The van der Waals surface area contributed by atoms with Gasteiger partial charge in [-0.2, -0.15) is 0 Å². The lowest BCUT2D eigenvalue weighted by molar-refractivity contribution is -0.120. The van der Waals surface area contributed by atoms with Crippen molar-refractivity contribution < 1.29 is 9.53 Å². The third-order valence-electron chi connectivity index (χ3n) is 1.75. The molecule has 0 aromatic carbocycles. The normalized spacial score (nSPS) is 21.4. The molecule has 2 heterocycles. The first-order valence-electron chi connectivity index (χ1n) is 4.62. The molecule has 13 heavy (non-hydrogen) atoms. The molecular formula is C9H16N2O2. The van der Waals surface area contributed by atoms with E-state index in [1.807, 2.05) is 6.08 Å². The van der Waals surface area contributed by atoms with E-state index in [2.05, 4.69) is 10.6 Å². The number of nitrogens with one attached hydrogen (secondary N) is 2. The van der Waals surface area contributed by atoms with E-state index in [4.69, 9.17) is 4.74 Å². The fraction of sp³-hybridized carbons (Fsp3) is 0.667. The van der Waals surface area contributed by atoms with Gasteiger partial charge in [0.1, 0.15) is 0 Å². The van der Waals surface area contributed by atoms with Crippen LogP contribution in [-0.2, 0) is 9.53 Å². The van der Waals surface area contributed by atoms with Crippen molar-refractivity contribution in [3.8, 4) is 0 Å². The maximum absolute atomic E-state index is 10.3. The van der Waals surface area contributed by atoms with Crippen molar-refractivity contribution in [3.05, 3.63) is 12.3 Å². The molecule has 1 fully saturated rings. The first-order valence-corrected chi connectivity index (χ1v) is 4.62. The number of hydrogen-bond acceptors (Lipinski definition) is 3. The van der Waals surface area contributed by atoms with E-state index in [1.165, 1.54) is 0 Å². The average Bonchev–Trinajstić information content (AvgIpc) is 2.22. The second-order valence-corrected chi connectivity index (χ2v) is 2.87. The highest BCUT2D eigenvalue weighted by Crippen LogP contribution is 1.94. The number of rotatable bonds is 0. The van der Waals surface area contributed by atoms with E-state index in [-0.39, 0.29) is 5.91 Å². The van der Waals surface area contributed by atoms with Gasteiger partial charge in [0.25, 0.3) is 0 Å². The Balaban J connectivity index is 0.000000132. The third kappa shape index (κ3) is 5.38. The lowest BCUT2D eigenvalue weighted by atomic mass is 10.2. The molecule has 0 spiro atoms. The third-order valence-corrected chi connectivity index (χ3v) is 1.75. The van der Waals surface area contributed by atoms with Gasteiger partial charge in [0, 0.05) is 19.5 Å². The SMILES string of the molecule is C1COCCN1.O=C1CCC=CN1. The van der Waals surface area contributed by atoms with Crippen molar-refractivity contribution in [2.45, 2.75) is 12.8 Å². The number of amides is 1. The van der Waals surface area contributed by atoms with Gasteiger partial charge in [-0.15, -0.1) is 0 Å². The average molecular weight is 184 g/mol. The minimum atomic E-state index is 0.127. The maximum Gasteiger partial charge on any atom is 0.224 e. The number of carbonyl (C=O) groups excluding carboxylic acids is 1. The quantitative estimate of drug-likeness (QED) is 0.558. The zero-order chi connectivity index (χ0) is 9.36. The van der Waals surface area contributed by atoms with Crippen LogP contribution < -0.4 is 10.6 Å². The monoisotopic (exact) mass is 184 g/mol. The Morgan fingerprint density at radius 1 is 1.31 bits per heavy atom. The Hall–Kier alpha value is -0.870. The summed E-state index contributed by atoms with van der Waals surface area (Å²) in [5, 5.41) is 5.72. The van der Waals surface area contributed by atoms with Crippen molar-refractivity contribution >= 4 is 5.91 Å². The van der Waals surface area contributed by atoms with Gasteiger partial charge in [0.05, 0.1) is 13.2 Å². The summed E-state index contributed by atoms with van der Waals surface area (Å²) in [7, 11) is 0. The molecule has 0 saturated carbocycles. The molecule has 0 bridgehead atoms. The fourth-order valence-electron chi connectivity index (χ4n) is 1.04. The molecule has 74 valence electrons. The van der Waals surface area contributed by atoms with Crippen molar-refractivity contribution in [3.63, 3.8) is 0 Å².